The molecule has 0 aromatic carbocycles. The maximum atomic E-state index is 11.0. The summed E-state index contributed by atoms with van der Waals surface area (Å²) in [5.41, 5.74) is 11.4. The van der Waals surface area contributed by atoms with Gasteiger partial charge in [-0.25, -0.2) is 0 Å². The minimum atomic E-state index is -0.185. The molecule has 0 aliphatic carbocycles. The summed E-state index contributed by atoms with van der Waals surface area (Å²) in [6.45, 7) is -0.0319. The van der Waals surface area contributed by atoms with E-state index < -0.39 is 0 Å². The number of carbonyl (C=O) groups excluding carboxylic acids is 1. The number of pyridine rings is 1. The van der Waals surface area contributed by atoms with Crippen LogP contribution in [-0.2, 0) is 0 Å². The van der Waals surface area contributed by atoms with Crippen molar-refractivity contribution < 1.29 is 4.79 Å². The van der Waals surface area contributed by atoms with Gasteiger partial charge >= 0.3 is 0 Å². The highest BCUT2D eigenvalue weighted by atomic mass is 16.1. The first-order valence-corrected chi connectivity index (χ1v) is 3.18. The number of anilines is 1. The number of nitrogens with zero attached hydrogens (tertiary/aromatic N) is 1. The van der Waals surface area contributed by atoms with Crippen molar-refractivity contribution in [1.29, 1.82) is 0 Å². The van der Waals surface area contributed by atoms with Crippen LogP contribution in [0, 0.1) is 0 Å². The predicted molar refractivity (Wildman–Crippen MR) is 42.0 cm³/mol. The molecule has 0 unspecified atom stereocenters. The van der Waals surface area contributed by atoms with Crippen LogP contribution < -0.4 is 11.5 Å². The van der Waals surface area contributed by atoms with Crippen molar-refractivity contribution in [3.05, 3.63) is 24.0 Å². The summed E-state index contributed by atoms with van der Waals surface area (Å²) < 4.78 is 0. The quantitative estimate of drug-likeness (QED) is 0.574. The zero-order valence-electron chi connectivity index (χ0n) is 5.95. The van der Waals surface area contributed by atoms with Gasteiger partial charge in [0.25, 0.3) is 0 Å². The topological polar surface area (TPSA) is 82.0 Å². The molecule has 0 amide bonds. The van der Waals surface area contributed by atoms with Crippen LogP contribution in [0.15, 0.2) is 18.5 Å². The molecule has 4 nitrogen and oxygen atoms in total. The minimum Gasteiger partial charge on any atom is -0.398 e. The molecule has 0 fully saturated rings. The van der Waals surface area contributed by atoms with Crippen LogP contribution in [0.5, 0.6) is 0 Å². The SMILES string of the molecule is NCC(=O)c1cnccc1N. The summed E-state index contributed by atoms with van der Waals surface area (Å²) in [5, 5.41) is 0. The molecule has 0 saturated heterocycles. The second-order valence-corrected chi connectivity index (χ2v) is 2.09. The van der Waals surface area contributed by atoms with Crippen LogP contribution in [0.1, 0.15) is 10.4 Å². The fourth-order valence-electron chi connectivity index (χ4n) is 0.748. The minimum absolute atomic E-state index is 0.0319. The Hall–Kier alpha value is -1.42. The average Bonchev–Trinajstić information content (AvgIpc) is 2.04. The largest absolute Gasteiger partial charge is 0.398 e. The third kappa shape index (κ3) is 1.53. The molecular formula is C7H9N3O. The number of nitrogens with two attached hydrogens (primary N) is 2. The molecule has 0 aliphatic heterocycles. The van der Waals surface area contributed by atoms with Crippen LogP contribution in [-0.4, -0.2) is 17.3 Å². The summed E-state index contributed by atoms with van der Waals surface area (Å²) in [4.78, 5) is 14.7. The van der Waals surface area contributed by atoms with Gasteiger partial charge in [0, 0.05) is 18.1 Å². The van der Waals surface area contributed by atoms with Crippen LogP contribution in [0.3, 0.4) is 0 Å². The normalized spacial score (nSPS) is 9.55. The molecule has 1 rings (SSSR count). The van der Waals surface area contributed by atoms with Gasteiger partial charge in [-0.1, -0.05) is 0 Å². The Morgan fingerprint density at radius 2 is 2.36 bits per heavy atom. The van der Waals surface area contributed by atoms with E-state index in [1.54, 1.807) is 6.07 Å². The van der Waals surface area contributed by atoms with Gasteiger partial charge < -0.3 is 11.5 Å². The summed E-state index contributed by atoms with van der Waals surface area (Å²) >= 11 is 0. The van der Waals surface area contributed by atoms with E-state index in [-0.39, 0.29) is 12.3 Å². The van der Waals surface area contributed by atoms with Crippen LogP contribution >= 0.6 is 0 Å². The fourth-order valence-corrected chi connectivity index (χ4v) is 0.748. The van der Waals surface area contributed by atoms with Gasteiger partial charge in [0.15, 0.2) is 5.78 Å². The first-order chi connectivity index (χ1) is 5.25. The summed E-state index contributed by atoms with van der Waals surface area (Å²) in [7, 11) is 0. The third-order valence-electron chi connectivity index (χ3n) is 1.34. The first-order valence-electron chi connectivity index (χ1n) is 3.18. The average molecular weight is 151 g/mol. The molecule has 0 radical (unpaired) electrons. The molecule has 0 saturated carbocycles. The van der Waals surface area contributed by atoms with E-state index in [4.69, 9.17) is 11.5 Å². The monoisotopic (exact) mass is 151 g/mol. The van der Waals surface area contributed by atoms with Crippen molar-refractivity contribution in [2.75, 3.05) is 12.3 Å². The van der Waals surface area contributed by atoms with Crippen LogP contribution in [0.4, 0.5) is 5.69 Å². The van der Waals surface area contributed by atoms with Crippen molar-refractivity contribution in [3.8, 4) is 0 Å². The summed E-state index contributed by atoms with van der Waals surface area (Å²) in [6, 6.07) is 1.57. The molecule has 1 heterocycles. The highest BCUT2D eigenvalue weighted by Gasteiger charge is 2.05. The number of hydrogen-bond donors (Lipinski definition) is 2. The maximum Gasteiger partial charge on any atom is 0.180 e. The van der Waals surface area contributed by atoms with Gasteiger partial charge in [0.1, 0.15) is 0 Å². The number of aromatic nitrogens is 1. The molecule has 0 aliphatic rings. The van der Waals surface area contributed by atoms with E-state index in [9.17, 15) is 4.79 Å². The molecular weight excluding hydrogens is 142 g/mol. The van der Waals surface area contributed by atoms with Crippen molar-refractivity contribution in [3.63, 3.8) is 0 Å². The molecule has 0 spiro atoms. The number of carbonyl (C=O) groups is 1. The number of hydrogen-bond acceptors (Lipinski definition) is 4. The molecule has 0 bridgehead atoms. The van der Waals surface area contributed by atoms with Crippen LogP contribution in [0.2, 0.25) is 0 Å². The first kappa shape index (κ1) is 7.68. The third-order valence-corrected chi connectivity index (χ3v) is 1.34. The highest BCUT2D eigenvalue weighted by molar-refractivity contribution is 6.01. The maximum absolute atomic E-state index is 11.0. The lowest BCUT2D eigenvalue weighted by Gasteiger charge is -1.99. The van der Waals surface area contributed by atoms with Crippen LogP contribution in [0.25, 0.3) is 0 Å². The molecule has 11 heavy (non-hydrogen) atoms. The Morgan fingerprint density at radius 1 is 1.64 bits per heavy atom. The molecule has 4 heteroatoms. The summed E-state index contributed by atoms with van der Waals surface area (Å²) in [6.07, 6.45) is 2.95. The molecule has 1 aromatic heterocycles. The van der Waals surface area contributed by atoms with E-state index in [1.807, 2.05) is 0 Å². The Morgan fingerprint density at radius 3 is 2.91 bits per heavy atom. The van der Waals surface area contributed by atoms with Gasteiger partial charge in [-0.05, 0) is 6.07 Å². The molecule has 0 atom stereocenters. The number of rotatable bonds is 2. The van der Waals surface area contributed by atoms with E-state index >= 15 is 0 Å². The Bertz CT molecular complexity index is 272. The van der Waals surface area contributed by atoms with E-state index in [1.165, 1.54) is 12.4 Å². The van der Waals surface area contributed by atoms with Crippen molar-refractivity contribution >= 4 is 11.5 Å². The van der Waals surface area contributed by atoms with E-state index in [0.29, 0.717) is 11.3 Å². The smallest absolute Gasteiger partial charge is 0.180 e. The van der Waals surface area contributed by atoms with E-state index in [2.05, 4.69) is 4.98 Å². The zero-order valence-corrected chi connectivity index (χ0v) is 5.95. The van der Waals surface area contributed by atoms with Crippen molar-refractivity contribution in [1.82, 2.24) is 4.98 Å². The Kier molecular flexibility index (Phi) is 2.18. The summed E-state index contributed by atoms with van der Waals surface area (Å²) in [5.74, 6) is -0.185. The van der Waals surface area contributed by atoms with Gasteiger partial charge in [-0.3, -0.25) is 9.78 Å². The lowest BCUT2D eigenvalue weighted by atomic mass is 10.1. The predicted octanol–water partition coefficient (Wildman–Crippen LogP) is -0.195. The standard InChI is InChI=1S/C7H9N3O/c8-3-7(11)5-4-10-2-1-6(5)9/h1-2,4H,3,8H2,(H2,9,10). The Balaban J connectivity index is 3.03. The number of ketones is 1. The van der Waals surface area contributed by atoms with Crippen molar-refractivity contribution in [2.45, 2.75) is 0 Å². The second kappa shape index (κ2) is 3.12. The number of nitrogen functional groups attached to an aromatic ring is 1. The zero-order chi connectivity index (χ0) is 8.27. The van der Waals surface area contributed by atoms with Gasteiger partial charge in [0.05, 0.1) is 12.1 Å². The molecule has 58 valence electrons. The molecule has 1 aromatic rings. The lowest BCUT2D eigenvalue weighted by Crippen LogP contribution is -2.15. The van der Waals surface area contributed by atoms with Gasteiger partial charge in [-0.2, -0.15) is 0 Å². The van der Waals surface area contributed by atoms with Crippen molar-refractivity contribution in [2.24, 2.45) is 5.73 Å². The number of Topliss-reactive ketones (excluding diaryl/α,β-unsaturated/α-hetero) is 1. The van der Waals surface area contributed by atoms with Gasteiger partial charge in [0.2, 0.25) is 0 Å². The Labute approximate surface area is 64.2 Å². The fraction of sp³-hybridized carbons (Fsp3) is 0.143. The molecule has 4 N–H and O–H groups in total. The van der Waals surface area contributed by atoms with Gasteiger partial charge in [-0.15, -0.1) is 0 Å². The highest BCUT2D eigenvalue weighted by Crippen LogP contribution is 2.07. The van der Waals surface area contributed by atoms with E-state index in [0.717, 1.165) is 0 Å². The second-order valence-electron chi connectivity index (χ2n) is 2.09. The lowest BCUT2D eigenvalue weighted by molar-refractivity contribution is 0.100.